The Morgan fingerprint density at radius 3 is 2.88 bits per heavy atom. The summed E-state index contributed by atoms with van der Waals surface area (Å²) in [6.45, 7) is 4.07. The fourth-order valence-electron chi connectivity index (χ4n) is 4.18. The number of aliphatic hydroxyl groups excluding tert-OH is 1. The number of piperidine rings is 1. The van der Waals surface area contributed by atoms with Crippen LogP contribution in [0.15, 0.2) is 30.5 Å². The Morgan fingerprint density at radius 2 is 2.17 bits per heavy atom. The van der Waals surface area contributed by atoms with E-state index in [-0.39, 0.29) is 11.8 Å². The minimum Gasteiger partial charge on any atom is -0.508 e. The van der Waals surface area contributed by atoms with Crippen molar-refractivity contribution in [1.82, 2.24) is 14.8 Å². The summed E-state index contributed by atoms with van der Waals surface area (Å²) >= 11 is 3.68. The maximum atomic E-state index is 11.1. The molecule has 24 heavy (non-hydrogen) atoms. The third-order valence-electron chi connectivity index (χ3n) is 5.45. The summed E-state index contributed by atoms with van der Waals surface area (Å²) in [5.41, 5.74) is 1.66. The minimum atomic E-state index is -0.576. The Balaban J connectivity index is 1.66. The van der Waals surface area contributed by atoms with Crippen molar-refractivity contribution >= 4 is 26.8 Å². The van der Waals surface area contributed by atoms with Gasteiger partial charge in [-0.15, -0.1) is 0 Å². The number of hydrogen-bond acceptors (Lipinski definition) is 5. The van der Waals surface area contributed by atoms with Crippen LogP contribution in [0.25, 0.3) is 10.9 Å². The fraction of sp³-hybridized carbons (Fsp3) is 0.500. The van der Waals surface area contributed by atoms with Crippen molar-refractivity contribution in [2.75, 3.05) is 13.2 Å². The highest BCUT2D eigenvalue weighted by atomic mass is 79.9. The van der Waals surface area contributed by atoms with Crippen molar-refractivity contribution in [3.8, 4) is 5.75 Å². The maximum Gasteiger partial charge on any atom is 0.116 e. The first kappa shape index (κ1) is 16.3. The van der Waals surface area contributed by atoms with Crippen molar-refractivity contribution in [3.05, 3.63) is 36.0 Å². The second-order valence-corrected chi connectivity index (χ2v) is 8.16. The smallest absolute Gasteiger partial charge is 0.116 e. The normalized spacial score (nSPS) is 29.7. The number of phenols is 1. The summed E-state index contributed by atoms with van der Waals surface area (Å²) in [5, 5.41) is 21.7. The van der Waals surface area contributed by atoms with Gasteiger partial charge in [-0.1, -0.05) is 15.9 Å². The predicted octanol–water partition coefficient (Wildman–Crippen LogP) is 2.82. The van der Waals surface area contributed by atoms with Gasteiger partial charge in [0.15, 0.2) is 0 Å². The highest BCUT2D eigenvalue weighted by Gasteiger charge is 2.43. The number of rotatable bonds is 3. The molecule has 3 aliphatic rings. The quantitative estimate of drug-likeness (QED) is 0.622. The van der Waals surface area contributed by atoms with Crippen molar-refractivity contribution in [2.24, 2.45) is 0 Å². The lowest BCUT2D eigenvalue weighted by Gasteiger charge is -2.54. The molecule has 2 N–H and O–H groups in total. The topological polar surface area (TPSA) is 59.8 Å². The lowest BCUT2D eigenvalue weighted by atomic mass is 9.86. The first-order valence-electron chi connectivity index (χ1n) is 8.44. The van der Waals surface area contributed by atoms with Crippen LogP contribution in [0.1, 0.15) is 31.4 Å². The van der Waals surface area contributed by atoms with Gasteiger partial charge in [-0.3, -0.25) is 14.8 Å². The van der Waals surface area contributed by atoms with E-state index < -0.39 is 6.10 Å². The van der Waals surface area contributed by atoms with E-state index in [1.165, 1.54) is 0 Å². The highest BCUT2D eigenvalue weighted by molar-refractivity contribution is 9.09. The molecular formula is C18H22BrN3O2. The molecule has 1 aromatic heterocycles. The number of halogens is 1. The minimum absolute atomic E-state index is 0.110. The lowest BCUT2D eigenvalue weighted by Crippen LogP contribution is -2.63. The van der Waals surface area contributed by atoms with E-state index in [9.17, 15) is 10.2 Å². The SMILES string of the molecule is C[C@H](Br)N1CN2CCC1C[C@@H]2[C@@H](O)c1ccnc2ccc(O)cc12. The molecule has 3 saturated heterocycles. The number of phenolic OH excluding ortho intramolecular Hbond substituents is 1. The van der Waals surface area contributed by atoms with Crippen LogP contribution in [0.3, 0.4) is 0 Å². The molecular weight excluding hydrogens is 370 g/mol. The van der Waals surface area contributed by atoms with Gasteiger partial charge in [0, 0.05) is 30.2 Å². The molecule has 5 atom stereocenters. The number of nitrogens with zero attached hydrogens (tertiary/aromatic N) is 3. The first-order valence-corrected chi connectivity index (χ1v) is 9.35. The number of aliphatic hydroxyl groups is 1. The zero-order valence-electron chi connectivity index (χ0n) is 13.6. The van der Waals surface area contributed by atoms with Gasteiger partial charge in [0.05, 0.1) is 23.2 Å². The van der Waals surface area contributed by atoms with Crippen molar-refractivity contribution in [3.63, 3.8) is 0 Å². The van der Waals surface area contributed by atoms with Crippen molar-refractivity contribution < 1.29 is 10.2 Å². The molecule has 5 nitrogen and oxygen atoms in total. The van der Waals surface area contributed by atoms with Crippen molar-refractivity contribution in [1.29, 1.82) is 0 Å². The number of hydrogen-bond donors (Lipinski definition) is 2. The van der Waals surface area contributed by atoms with E-state index in [2.05, 4.69) is 37.6 Å². The van der Waals surface area contributed by atoms with E-state index in [1.54, 1.807) is 24.4 Å². The molecule has 2 bridgehead atoms. The molecule has 6 heteroatoms. The van der Waals surface area contributed by atoms with Gasteiger partial charge in [-0.25, -0.2) is 0 Å². The monoisotopic (exact) mass is 391 g/mol. The van der Waals surface area contributed by atoms with Gasteiger partial charge in [0.1, 0.15) is 5.75 Å². The number of benzene rings is 1. The van der Waals surface area contributed by atoms with Crippen LogP contribution in [0.2, 0.25) is 0 Å². The summed E-state index contributed by atoms with van der Waals surface area (Å²) in [4.78, 5) is 9.51. The Labute approximate surface area is 150 Å². The molecule has 128 valence electrons. The van der Waals surface area contributed by atoms with E-state index in [1.807, 2.05) is 6.07 Å². The summed E-state index contributed by atoms with van der Waals surface area (Å²) in [5.74, 6) is 0.203. The van der Waals surface area contributed by atoms with Crippen LogP contribution < -0.4 is 0 Å². The molecule has 2 aromatic rings. The van der Waals surface area contributed by atoms with Crippen LogP contribution >= 0.6 is 15.9 Å². The van der Waals surface area contributed by atoms with E-state index in [0.29, 0.717) is 11.0 Å². The van der Waals surface area contributed by atoms with E-state index >= 15 is 0 Å². The Kier molecular flexibility index (Phi) is 4.24. The molecule has 3 aliphatic heterocycles. The average molecular weight is 392 g/mol. The average Bonchev–Trinajstić information content (AvgIpc) is 2.60. The van der Waals surface area contributed by atoms with Crippen LogP contribution in [0.5, 0.6) is 5.75 Å². The molecule has 0 saturated carbocycles. The van der Waals surface area contributed by atoms with E-state index in [0.717, 1.165) is 42.5 Å². The molecule has 1 aromatic carbocycles. The van der Waals surface area contributed by atoms with Gasteiger partial charge in [-0.05, 0) is 49.6 Å². The molecule has 2 unspecified atom stereocenters. The first-order chi connectivity index (χ1) is 11.5. The number of pyridine rings is 1. The lowest BCUT2D eigenvalue weighted by molar-refractivity contribution is -0.0924. The second-order valence-electron chi connectivity index (χ2n) is 6.83. The van der Waals surface area contributed by atoms with Crippen LogP contribution in [-0.2, 0) is 0 Å². The second kappa shape index (κ2) is 6.26. The molecule has 4 heterocycles. The van der Waals surface area contributed by atoms with Gasteiger partial charge >= 0.3 is 0 Å². The zero-order chi connectivity index (χ0) is 16.8. The van der Waals surface area contributed by atoms with Crippen LogP contribution in [0, 0.1) is 0 Å². The molecule has 3 fully saturated rings. The molecule has 0 aliphatic carbocycles. The summed E-state index contributed by atoms with van der Waals surface area (Å²) in [7, 11) is 0. The molecule has 0 radical (unpaired) electrons. The van der Waals surface area contributed by atoms with Crippen molar-refractivity contribution in [2.45, 2.75) is 42.9 Å². The highest BCUT2D eigenvalue weighted by Crippen LogP contribution is 2.38. The Hall–Kier alpha value is -1.21. The number of aromatic hydroxyl groups is 1. The largest absolute Gasteiger partial charge is 0.508 e. The summed E-state index contributed by atoms with van der Waals surface area (Å²) in [6.07, 6.45) is 3.27. The number of aromatic nitrogens is 1. The summed E-state index contributed by atoms with van der Waals surface area (Å²) < 4.78 is 0. The standard InChI is InChI=1S/C18H22BrN3O2/c1-11(19)22-10-21-7-5-12(22)8-17(21)18(24)14-4-6-20-16-3-2-13(23)9-15(14)16/h2-4,6,9,11-12,17-18,23-24H,5,7-8,10H2,1H3/t11-,12?,17-,18+/m1/s1. The van der Waals surface area contributed by atoms with Crippen LogP contribution in [0.4, 0.5) is 0 Å². The zero-order valence-corrected chi connectivity index (χ0v) is 15.2. The van der Waals surface area contributed by atoms with Crippen LogP contribution in [-0.4, -0.2) is 55.2 Å². The van der Waals surface area contributed by atoms with Gasteiger partial charge in [0.25, 0.3) is 0 Å². The number of fused-ring (bicyclic) bond motifs is 4. The van der Waals surface area contributed by atoms with Gasteiger partial charge in [-0.2, -0.15) is 0 Å². The van der Waals surface area contributed by atoms with Gasteiger partial charge < -0.3 is 10.2 Å². The molecule has 0 amide bonds. The van der Waals surface area contributed by atoms with E-state index in [4.69, 9.17) is 0 Å². The predicted molar refractivity (Wildman–Crippen MR) is 97.0 cm³/mol. The molecule has 0 spiro atoms. The number of alkyl halides is 1. The summed E-state index contributed by atoms with van der Waals surface area (Å²) in [6, 6.07) is 7.62. The molecule has 5 rings (SSSR count). The third-order valence-corrected chi connectivity index (χ3v) is 5.97. The Bertz CT molecular complexity index is 754. The maximum absolute atomic E-state index is 11.1. The fourth-order valence-corrected chi connectivity index (χ4v) is 4.64. The third kappa shape index (κ3) is 2.71. The van der Waals surface area contributed by atoms with Gasteiger partial charge in [0.2, 0.25) is 0 Å². The Morgan fingerprint density at radius 1 is 1.33 bits per heavy atom.